The molecule has 1 saturated heterocycles. The van der Waals surface area contributed by atoms with Crippen molar-refractivity contribution in [2.45, 2.75) is 26.2 Å². The van der Waals surface area contributed by atoms with E-state index in [0.717, 1.165) is 52.0 Å². The summed E-state index contributed by atoms with van der Waals surface area (Å²) in [5.74, 6) is 0.714. The number of nitrogens with zero attached hydrogens (tertiary/aromatic N) is 3. The lowest BCUT2D eigenvalue weighted by Crippen LogP contribution is -2.28. The molecule has 1 fully saturated rings. The molecular weight excluding hydrogens is 518 g/mol. The number of amides is 1. The number of methoxy groups -OCH3 is 1. The van der Waals surface area contributed by atoms with E-state index in [9.17, 15) is 4.79 Å². The van der Waals surface area contributed by atoms with Gasteiger partial charge in [-0.3, -0.25) is 9.69 Å². The molecule has 1 aliphatic rings. The molecule has 3 aromatic rings. The van der Waals surface area contributed by atoms with Gasteiger partial charge in [0.1, 0.15) is 15.8 Å². The summed E-state index contributed by atoms with van der Waals surface area (Å²) in [7, 11) is 1.64. The lowest BCUT2D eigenvalue weighted by Gasteiger charge is -2.13. The van der Waals surface area contributed by atoms with E-state index in [1.165, 1.54) is 11.8 Å². The Morgan fingerprint density at radius 2 is 1.97 bits per heavy atom. The molecule has 170 valence electrons. The molecule has 0 saturated carbocycles. The second-order valence-electron chi connectivity index (χ2n) is 7.60. The minimum atomic E-state index is -0.0320. The van der Waals surface area contributed by atoms with Crippen LogP contribution in [0.15, 0.2) is 64.1 Å². The number of hydrogen-bond donors (Lipinski definition) is 0. The highest BCUT2D eigenvalue weighted by molar-refractivity contribution is 9.10. The highest BCUT2D eigenvalue weighted by Crippen LogP contribution is 2.36. The van der Waals surface area contributed by atoms with Gasteiger partial charge >= 0.3 is 0 Å². The number of thiocarbonyl (C=S) groups is 1. The Morgan fingerprint density at radius 3 is 2.67 bits per heavy atom. The summed E-state index contributed by atoms with van der Waals surface area (Å²) in [4.78, 5) is 15.4. The molecule has 0 aliphatic carbocycles. The highest BCUT2D eigenvalue weighted by Gasteiger charge is 2.32. The summed E-state index contributed by atoms with van der Waals surface area (Å²) < 4.78 is 8.66. The number of para-hydroxylation sites is 1. The molecule has 5 nitrogen and oxygen atoms in total. The first-order valence-corrected chi connectivity index (χ1v) is 12.8. The van der Waals surface area contributed by atoms with Crippen LogP contribution in [0.3, 0.4) is 0 Å². The first kappa shape index (κ1) is 23.7. The third-order valence-corrected chi connectivity index (χ3v) is 7.33. The second kappa shape index (κ2) is 10.7. The van der Waals surface area contributed by atoms with Gasteiger partial charge in [-0.2, -0.15) is 5.10 Å². The number of hydrogen-bond acceptors (Lipinski definition) is 5. The van der Waals surface area contributed by atoms with Crippen LogP contribution < -0.4 is 4.74 Å². The average Bonchev–Trinajstić information content (AvgIpc) is 3.36. The molecular formula is C25H24BrN3O2S2. The maximum atomic E-state index is 13.1. The number of rotatable bonds is 8. The molecule has 0 atom stereocenters. The number of thioether (sulfide) groups is 1. The van der Waals surface area contributed by atoms with Crippen molar-refractivity contribution >= 4 is 56.2 Å². The van der Waals surface area contributed by atoms with Crippen LogP contribution in [-0.2, 0) is 4.79 Å². The fourth-order valence-electron chi connectivity index (χ4n) is 3.60. The monoisotopic (exact) mass is 541 g/mol. The number of carbonyl (C=O) groups is 1. The lowest BCUT2D eigenvalue weighted by molar-refractivity contribution is -0.122. The maximum absolute atomic E-state index is 13.1. The molecule has 1 aromatic heterocycles. The summed E-state index contributed by atoms with van der Waals surface area (Å²) in [6.07, 6.45) is 6.99. The second-order valence-corrected chi connectivity index (χ2v) is 10.1. The van der Waals surface area contributed by atoms with Crippen molar-refractivity contribution in [1.29, 1.82) is 0 Å². The first-order valence-electron chi connectivity index (χ1n) is 10.8. The summed E-state index contributed by atoms with van der Waals surface area (Å²) in [5, 5.41) is 4.86. The molecule has 1 aliphatic heterocycles. The molecule has 0 N–H and O–H groups in total. The molecule has 0 unspecified atom stereocenters. The molecule has 4 rings (SSSR count). The zero-order valence-corrected chi connectivity index (χ0v) is 21.7. The molecule has 0 radical (unpaired) electrons. The third-order valence-electron chi connectivity index (χ3n) is 5.33. The largest absolute Gasteiger partial charge is 0.496 e. The maximum Gasteiger partial charge on any atom is 0.266 e. The van der Waals surface area contributed by atoms with Crippen molar-refractivity contribution < 1.29 is 9.53 Å². The van der Waals surface area contributed by atoms with Crippen LogP contribution in [0.5, 0.6) is 5.75 Å². The van der Waals surface area contributed by atoms with E-state index in [2.05, 4.69) is 22.9 Å². The van der Waals surface area contributed by atoms with Gasteiger partial charge in [0.05, 0.1) is 22.2 Å². The van der Waals surface area contributed by atoms with E-state index in [-0.39, 0.29) is 5.91 Å². The Morgan fingerprint density at radius 1 is 1.18 bits per heavy atom. The van der Waals surface area contributed by atoms with E-state index < -0.39 is 0 Å². The van der Waals surface area contributed by atoms with Crippen molar-refractivity contribution in [2.75, 3.05) is 13.7 Å². The Balaban J connectivity index is 1.74. The molecule has 33 heavy (non-hydrogen) atoms. The van der Waals surface area contributed by atoms with Gasteiger partial charge in [-0.15, -0.1) is 0 Å². The Hall–Kier alpha value is -2.42. The Bertz CT molecular complexity index is 1210. The van der Waals surface area contributed by atoms with E-state index in [4.69, 9.17) is 22.1 Å². The molecule has 2 aromatic carbocycles. The molecule has 0 bridgehead atoms. The highest BCUT2D eigenvalue weighted by atomic mass is 79.9. The summed E-state index contributed by atoms with van der Waals surface area (Å²) in [6.45, 7) is 2.81. The zero-order chi connectivity index (χ0) is 23.4. The standard InChI is InChI=1S/C25H24BrN3O2S2/c1-3-4-8-13-28-24(30)22(33-25(28)32)15-18-16-29(19-9-6-5-7-10-19)27-23(18)17-11-12-21(31-2)20(26)14-17/h5-7,9-12,14-16H,3-4,8,13H2,1-2H3. The number of unbranched alkanes of at least 4 members (excludes halogenated alkanes) is 2. The minimum Gasteiger partial charge on any atom is -0.496 e. The van der Waals surface area contributed by atoms with Crippen molar-refractivity contribution in [3.8, 4) is 22.7 Å². The quantitative estimate of drug-likeness (QED) is 0.180. The SMILES string of the molecule is CCCCCN1C(=O)C(=Cc2cn(-c3ccccc3)nc2-c2ccc(OC)c(Br)c2)SC1=S. The summed E-state index contributed by atoms with van der Waals surface area (Å²) in [5.41, 5.74) is 3.49. The number of aromatic nitrogens is 2. The van der Waals surface area contributed by atoms with Gasteiger partial charge in [-0.05, 0) is 58.8 Å². The van der Waals surface area contributed by atoms with E-state index in [0.29, 0.717) is 15.8 Å². The smallest absolute Gasteiger partial charge is 0.266 e. The van der Waals surface area contributed by atoms with Crippen molar-refractivity contribution in [3.63, 3.8) is 0 Å². The van der Waals surface area contributed by atoms with Crippen molar-refractivity contribution in [2.24, 2.45) is 0 Å². The molecule has 2 heterocycles. The van der Waals surface area contributed by atoms with Gasteiger partial charge in [0.25, 0.3) is 5.91 Å². The van der Waals surface area contributed by atoms with Gasteiger partial charge in [-0.25, -0.2) is 4.68 Å². The predicted octanol–water partition coefficient (Wildman–Crippen LogP) is 6.70. The summed E-state index contributed by atoms with van der Waals surface area (Å²) in [6, 6.07) is 15.8. The average molecular weight is 543 g/mol. The number of carbonyl (C=O) groups excluding carboxylic acids is 1. The van der Waals surface area contributed by atoms with Crippen LogP contribution in [-0.4, -0.2) is 38.6 Å². The van der Waals surface area contributed by atoms with Gasteiger partial charge in [0.2, 0.25) is 0 Å². The third kappa shape index (κ3) is 5.23. The van der Waals surface area contributed by atoms with Crippen LogP contribution in [0.1, 0.15) is 31.7 Å². The van der Waals surface area contributed by atoms with Gasteiger partial charge in [0.15, 0.2) is 0 Å². The molecule has 8 heteroatoms. The van der Waals surface area contributed by atoms with Crippen LogP contribution in [0.25, 0.3) is 23.0 Å². The fraction of sp³-hybridized carbons (Fsp3) is 0.240. The predicted molar refractivity (Wildman–Crippen MR) is 143 cm³/mol. The molecule has 0 spiro atoms. The normalized spacial score (nSPS) is 15.0. The van der Waals surface area contributed by atoms with Crippen LogP contribution in [0, 0.1) is 0 Å². The van der Waals surface area contributed by atoms with Crippen molar-refractivity contribution in [3.05, 3.63) is 69.7 Å². The first-order chi connectivity index (χ1) is 16.0. The van der Waals surface area contributed by atoms with Crippen LogP contribution >= 0.6 is 39.9 Å². The van der Waals surface area contributed by atoms with Gasteiger partial charge in [-0.1, -0.05) is 61.9 Å². The Labute approximate surface area is 211 Å². The minimum absolute atomic E-state index is 0.0320. The summed E-state index contributed by atoms with van der Waals surface area (Å²) >= 11 is 10.4. The number of benzene rings is 2. The fourth-order valence-corrected chi connectivity index (χ4v) is 5.44. The lowest BCUT2D eigenvalue weighted by atomic mass is 10.1. The van der Waals surface area contributed by atoms with Crippen LogP contribution in [0.4, 0.5) is 0 Å². The molecule has 1 amide bonds. The van der Waals surface area contributed by atoms with Gasteiger partial charge < -0.3 is 4.74 Å². The topological polar surface area (TPSA) is 47.4 Å². The number of halogens is 1. The zero-order valence-electron chi connectivity index (χ0n) is 18.5. The Kier molecular flexibility index (Phi) is 7.67. The van der Waals surface area contributed by atoms with Gasteiger partial charge in [0, 0.05) is 23.9 Å². The van der Waals surface area contributed by atoms with E-state index in [1.54, 1.807) is 12.0 Å². The van der Waals surface area contributed by atoms with E-state index >= 15 is 0 Å². The van der Waals surface area contributed by atoms with Crippen molar-refractivity contribution in [1.82, 2.24) is 14.7 Å². The van der Waals surface area contributed by atoms with E-state index in [1.807, 2.05) is 65.5 Å². The van der Waals surface area contributed by atoms with Crippen LogP contribution in [0.2, 0.25) is 0 Å². The number of ether oxygens (including phenoxy) is 1.